The number of benzene rings is 2. The van der Waals surface area contributed by atoms with Crippen molar-refractivity contribution in [2.75, 3.05) is 11.9 Å². The van der Waals surface area contributed by atoms with Crippen molar-refractivity contribution in [1.29, 1.82) is 0 Å². The number of amides is 1. The van der Waals surface area contributed by atoms with Gasteiger partial charge in [-0.2, -0.15) is 0 Å². The number of nitrogens with one attached hydrogen (secondary N) is 1. The van der Waals surface area contributed by atoms with E-state index in [1.165, 1.54) is 0 Å². The van der Waals surface area contributed by atoms with E-state index in [0.717, 1.165) is 22.2 Å². The van der Waals surface area contributed by atoms with E-state index in [4.69, 9.17) is 16.3 Å². The molecule has 0 bridgehead atoms. The minimum Gasteiger partial charge on any atom is -0.494 e. The first-order chi connectivity index (χ1) is 12.1. The van der Waals surface area contributed by atoms with Gasteiger partial charge in [0.15, 0.2) is 0 Å². The molecule has 0 aliphatic heterocycles. The molecule has 3 aromatic rings. The number of rotatable bonds is 5. The Hall–Kier alpha value is -2.46. The summed E-state index contributed by atoms with van der Waals surface area (Å²) in [5, 5.41) is 4.46. The van der Waals surface area contributed by atoms with Crippen molar-refractivity contribution in [2.45, 2.75) is 27.3 Å². The SMILES string of the molecule is CCOc1ccc2c(c1)c(C)c(C(=O)Nc1ccccc1Cl)n2CC. The number of hydrogen-bond donors (Lipinski definition) is 1. The summed E-state index contributed by atoms with van der Waals surface area (Å²) in [5.41, 5.74) is 3.21. The molecule has 1 amide bonds. The van der Waals surface area contributed by atoms with Crippen LogP contribution in [0.2, 0.25) is 5.02 Å². The quantitative estimate of drug-likeness (QED) is 0.676. The van der Waals surface area contributed by atoms with Crippen molar-refractivity contribution < 1.29 is 9.53 Å². The average molecular weight is 357 g/mol. The third kappa shape index (κ3) is 3.22. The highest BCUT2D eigenvalue weighted by molar-refractivity contribution is 6.34. The van der Waals surface area contributed by atoms with Crippen molar-refractivity contribution in [3.63, 3.8) is 0 Å². The number of fused-ring (bicyclic) bond motifs is 1. The first-order valence-corrected chi connectivity index (χ1v) is 8.76. The van der Waals surface area contributed by atoms with E-state index in [1.54, 1.807) is 12.1 Å². The Morgan fingerprint density at radius 3 is 2.64 bits per heavy atom. The Morgan fingerprint density at radius 2 is 1.96 bits per heavy atom. The van der Waals surface area contributed by atoms with E-state index < -0.39 is 0 Å². The van der Waals surface area contributed by atoms with Gasteiger partial charge in [0.2, 0.25) is 0 Å². The van der Waals surface area contributed by atoms with Crippen LogP contribution in [0.25, 0.3) is 10.9 Å². The minimum atomic E-state index is -0.165. The minimum absolute atomic E-state index is 0.165. The van der Waals surface area contributed by atoms with Gasteiger partial charge in [-0.15, -0.1) is 0 Å². The second-order valence-electron chi connectivity index (χ2n) is 5.76. The molecule has 0 unspecified atom stereocenters. The number of aryl methyl sites for hydroxylation is 2. The predicted molar refractivity (Wildman–Crippen MR) is 103 cm³/mol. The standard InChI is InChI=1S/C20H21ClN2O2/c1-4-23-18-11-10-14(25-5-2)12-15(18)13(3)19(23)20(24)22-17-9-7-6-8-16(17)21/h6-12H,4-5H2,1-3H3,(H,22,24). The van der Waals surface area contributed by atoms with E-state index in [0.29, 0.717) is 29.6 Å². The molecule has 1 N–H and O–H groups in total. The molecular formula is C20H21ClN2O2. The number of carbonyl (C=O) groups excluding carboxylic acids is 1. The lowest BCUT2D eigenvalue weighted by atomic mass is 10.1. The second-order valence-corrected chi connectivity index (χ2v) is 6.17. The highest BCUT2D eigenvalue weighted by atomic mass is 35.5. The molecule has 1 aromatic heterocycles. The average Bonchev–Trinajstić information content (AvgIpc) is 2.89. The number of para-hydroxylation sites is 1. The lowest BCUT2D eigenvalue weighted by Crippen LogP contribution is -2.18. The normalized spacial score (nSPS) is 10.9. The van der Waals surface area contributed by atoms with E-state index >= 15 is 0 Å². The van der Waals surface area contributed by atoms with Crippen molar-refractivity contribution in [3.8, 4) is 5.75 Å². The Morgan fingerprint density at radius 1 is 1.20 bits per heavy atom. The second kappa shape index (κ2) is 7.19. The van der Waals surface area contributed by atoms with Crippen LogP contribution in [0.1, 0.15) is 29.9 Å². The third-order valence-electron chi connectivity index (χ3n) is 4.25. The Labute approximate surface area is 152 Å². The summed E-state index contributed by atoms with van der Waals surface area (Å²) in [6, 6.07) is 13.2. The molecule has 0 aliphatic carbocycles. The summed E-state index contributed by atoms with van der Waals surface area (Å²) in [5.74, 6) is 0.644. The van der Waals surface area contributed by atoms with Crippen molar-refractivity contribution in [3.05, 3.63) is 58.7 Å². The van der Waals surface area contributed by atoms with Crippen LogP contribution >= 0.6 is 11.6 Å². The maximum atomic E-state index is 12.9. The van der Waals surface area contributed by atoms with Crippen LogP contribution in [-0.2, 0) is 6.54 Å². The van der Waals surface area contributed by atoms with Crippen molar-refractivity contribution >= 4 is 34.1 Å². The molecule has 0 fully saturated rings. The Kier molecular flexibility index (Phi) is 5.00. The number of hydrogen-bond acceptors (Lipinski definition) is 2. The first-order valence-electron chi connectivity index (χ1n) is 8.38. The zero-order valence-corrected chi connectivity index (χ0v) is 15.4. The summed E-state index contributed by atoms with van der Waals surface area (Å²) in [6.07, 6.45) is 0. The van der Waals surface area contributed by atoms with Gasteiger partial charge in [-0.1, -0.05) is 23.7 Å². The van der Waals surface area contributed by atoms with E-state index in [9.17, 15) is 4.79 Å². The van der Waals surface area contributed by atoms with Gasteiger partial charge in [0, 0.05) is 17.4 Å². The van der Waals surface area contributed by atoms with Crippen LogP contribution in [0.4, 0.5) is 5.69 Å². The van der Waals surface area contributed by atoms with Gasteiger partial charge in [-0.05, 0) is 56.7 Å². The summed E-state index contributed by atoms with van der Waals surface area (Å²) in [6.45, 7) is 7.26. The fourth-order valence-corrected chi connectivity index (χ4v) is 3.31. The molecule has 130 valence electrons. The largest absolute Gasteiger partial charge is 0.494 e. The van der Waals surface area contributed by atoms with Gasteiger partial charge in [0.25, 0.3) is 5.91 Å². The number of aromatic nitrogens is 1. The third-order valence-corrected chi connectivity index (χ3v) is 4.58. The maximum Gasteiger partial charge on any atom is 0.272 e. The Bertz CT molecular complexity index is 931. The molecule has 5 heteroatoms. The van der Waals surface area contributed by atoms with Gasteiger partial charge in [-0.25, -0.2) is 0 Å². The molecule has 4 nitrogen and oxygen atoms in total. The molecule has 1 heterocycles. The zero-order valence-electron chi connectivity index (χ0n) is 14.6. The number of anilines is 1. The summed E-state index contributed by atoms with van der Waals surface area (Å²) >= 11 is 6.17. The van der Waals surface area contributed by atoms with Gasteiger partial charge in [-0.3, -0.25) is 4.79 Å². The van der Waals surface area contributed by atoms with Crippen LogP contribution in [-0.4, -0.2) is 17.1 Å². The van der Waals surface area contributed by atoms with E-state index in [1.807, 2.05) is 55.7 Å². The molecule has 25 heavy (non-hydrogen) atoms. The summed E-state index contributed by atoms with van der Waals surface area (Å²) in [4.78, 5) is 12.9. The Balaban J connectivity index is 2.07. The van der Waals surface area contributed by atoms with Crippen LogP contribution < -0.4 is 10.1 Å². The van der Waals surface area contributed by atoms with E-state index in [2.05, 4.69) is 5.32 Å². The topological polar surface area (TPSA) is 43.3 Å². The fourth-order valence-electron chi connectivity index (χ4n) is 3.12. The molecule has 0 saturated heterocycles. The van der Waals surface area contributed by atoms with E-state index in [-0.39, 0.29) is 5.91 Å². The first kappa shape index (κ1) is 17.4. The van der Waals surface area contributed by atoms with Crippen LogP contribution in [0.3, 0.4) is 0 Å². The van der Waals surface area contributed by atoms with Gasteiger partial charge in [0.05, 0.1) is 17.3 Å². The lowest BCUT2D eigenvalue weighted by molar-refractivity contribution is 0.101. The summed E-state index contributed by atoms with van der Waals surface area (Å²) < 4.78 is 7.62. The zero-order chi connectivity index (χ0) is 18.0. The van der Waals surface area contributed by atoms with Gasteiger partial charge in [0.1, 0.15) is 11.4 Å². The molecule has 0 radical (unpaired) electrons. The smallest absolute Gasteiger partial charge is 0.272 e. The number of halogens is 1. The highest BCUT2D eigenvalue weighted by Gasteiger charge is 2.20. The van der Waals surface area contributed by atoms with Crippen LogP contribution in [0.15, 0.2) is 42.5 Å². The van der Waals surface area contributed by atoms with Crippen LogP contribution in [0, 0.1) is 6.92 Å². The van der Waals surface area contributed by atoms with Crippen molar-refractivity contribution in [2.24, 2.45) is 0 Å². The molecular weight excluding hydrogens is 336 g/mol. The molecule has 0 atom stereocenters. The van der Waals surface area contributed by atoms with Gasteiger partial charge >= 0.3 is 0 Å². The highest BCUT2D eigenvalue weighted by Crippen LogP contribution is 2.30. The molecule has 3 rings (SSSR count). The number of nitrogens with zero attached hydrogens (tertiary/aromatic N) is 1. The number of ether oxygens (including phenoxy) is 1. The molecule has 0 saturated carbocycles. The lowest BCUT2D eigenvalue weighted by Gasteiger charge is -2.11. The maximum absolute atomic E-state index is 12.9. The molecule has 2 aromatic carbocycles. The molecule has 0 spiro atoms. The van der Waals surface area contributed by atoms with Gasteiger partial charge < -0.3 is 14.6 Å². The summed E-state index contributed by atoms with van der Waals surface area (Å²) in [7, 11) is 0. The monoisotopic (exact) mass is 356 g/mol. The predicted octanol–water partition coefficient (Wildman–Crippen LogP) is 5.27. The fraction of sp³-hybridized carbons (Fsp3) is 0.250. The van der Waals surface area contributed by atoms with Crippen molar-refractivity contribution in [1.82, 2.24) is 4.57 Å². The molecule has 0 aliphatic rings. The van der Waals surface area contributed by atoms with Crippen LogP contribution in [0.5, 0.6) is 5.75 Å². The number of carbonyl (C=O) groups is 1.